The number of hydrogen-bond donors (Lipinski definition) is 2. The van der Waals surface area contributed by atoms with Crippen LogP contribution in [0.2, 0.25) is 0 Å². The van der Waals surface area contributed by atoms with Crippen LogP contribution < -0.4 is 10.5 Å². The van der Waals surface area contributed by atoms with E-state index in [1.165, 1.54) is 13.2 Å². The zero-order valence-electron chi connectivity index (χ0n) is 13.2. The summed E-state index contributed by atoms with van der Waals surface area (Å²) < 4.78 is 7.08. The number of pyridine rings is 1. The molecule has 0 bridgehead atoms. The lowest BCUT2D eigenvalue weighted by atomic mass is 10.1. The quantitative estimate of drug-likeness (QED) is 0.574. The molecule has 2 heterocycles. The highest BCUT2D eigenvalue weighted by atomic mass is 16.5. The molecule has 3 rings (SSSR count). The topological polar surface area (TPSA) is 86.2 Å². The van der Waals surface area contributed by atoms with Crippen molar-refractivity contribution < 1.29 is 9.84 Å². The molecule has 3 aromatic rings. The predicted molar refractivity (Wildman–Crippen MR) is 88.9 cm³/mol. The summed E-state index contributed by atoms with van der Waals surface area (Å²) in [6, 6.07) is 5.00. The van der Waals surface area contributed by atoms with Crippen LogP contribution in [0.5, 0.6) is 11.5 Å². The molecule has 0 amide bonds. The van der Waals surface area contributed by atoms with Crippen molar-refractivity contribution in [1.29, 1.82) is 0 Å². The van der Waals surface area contributed by atoms with Crippen LogP contribution in [0.4, 0.5) is 5.69 Å². The Bertz CT molecular complexity index is 871. The van der Waals surface area contributed by atoms with Gasteiger partial charge in [-0.25, -0.2) is 4.98 Å². The third kappa shape index (κ3) is 2.59. The van der Waals surface area contributed by atoms with Gasteiger partial charge in [0.15, 0.2) is 0 Å². The summed E-state index contributed by atoms with van der Waals surface area (Å²) in [4.78, 5) is 8.77. The number of methoxy groups -OCH3 is 1. The number of anilines is 1. The average Bonchev–Trinajstić information content (AvgIpc) is 2.91. The second-order valence-corrected chi connectivity index (χ2v) is 5.35. The Morgan fingerprint density at radius 1 is 1.26 bits per heavy atom. The molecular formula is C17H18N4O2. The maximum Gasteiger partial charge on any atom is 0.147 e. The molecule has 0 aliphatic carbocycles. The van der Waals surface area contributed by atoms with Crippen LogP contribution in [0.25, 0.3) is 17.1 Å². The Labute approximate surface area is 134 Å². The average molecular weight is 310 g/mol. The van der Waals surface area contributed by atoms with E-state index in [1.54, 1.807) is 18.5 Å². The third-order valence-electron chi connectivity index (χ3n) is 3.69. The first-order valence-electron chi connectivity index (χ1n) is 7.15. The van der Waals surface area contributed by atoms with Crippen LogP contribution in [0.15, 0.2) is 36.8 Å². The second-order valence-electron chi connectivity index (χ2n) is 5.35. The number of nitrogens with two attached hydrogens (primary N) is 1. The van der Waals surface area contributed by atoms with Crippen molar-refractivity contribution in [3.8, 4) is 28.6 Å². The fraction of sp³-hybridized carbons (Fsp3) is 0.176. The van der Waals surface area contributed by atoms with Gasteiger partial charge in [0, 0.05) is 36.3 Å². The molecule has 0 saturated carbocycles. The number of nitrogens with zero attached hydrogens (tertiary/aromatic N) is 3. The smallest absolute Gasteiger partial charge is 0.147 e. The van der Waals surface area contributed by atoms with Gasteiger partial charge in [-0.1, -0.05) is 0 Å². The number of aromatic nitrogens is 3. The molecule has 6 nitrogen and oxygen atoms in total. The van der Waals surface area contributed by atoms with Crippen molar-refractivity contribution in [1.82, 2.24) is 14.5 Å². The molecule has 0 saturated heterocycles. The monoisotopic (exact) mass is 310 g/mol. The van der Waals surface area contributed by atoms with Crippen LogP contribution in [-0.2, 0) is 0 Å². The van der Waals surface area contributed by atoms with E-state index in [-0.39, 0.29) is 5.75 Å². The zero-order valence-corrected chi connectivity index (χ0v) is 13.2. The highest BCUT2D eigenvalue weighted by Crippen LogP contribution is 2.35. The number of ether oxygens (including phenoxy) is 1. The van der Waals surface area contributed by atoms with Gasteiger partial charge in [0.1, 0.15) is 17.3 Å². The molecule has 0 spiro atoms. The molecule has 118 valence electrons. The minimum atomic E-state index is 0.0752. The standard InChI is InChI=1S/C17H18N4O2/c1-10-4-5-19-8-13(10)17-20-11(2)9-21(17)14-6-12(22)7-15(23-3)16(14)18/h4-9,22H,18H2,1-3H3. The molecule has 0 fully saturated rings. The summed E-state index contributed by atoms with van der Waals surface area (Å²) >= 11 is 0. The third-order valence-corrected chi connectivity index (χ3v) is 3.69. The fourth-order valence-corrected chi connectivity index (χ4v) is 2.54. The molecule has 3 N–H and O–H groups in total. The summed E-state index contributed by atoms with van der Waals surface area (Å²) in [6.07, 6.45) is 5.38. The van der Waals surface area contributed by atoms with Crippen LogP contribution in [0, 0.1) is 13.8 Å². The lowest BCUT2D eigenvalue weighted by molar-refractivity contribution is 0.409. The number of aryl methyl sites for hydroxylation is 2. The zero-order chi connectivity index (χ0) is 16.6. The Kier molecular flexibility index (Phi) is 3.65. The molecule has 23 heavy (non-hydrogen) atoms. The maximum absolute atomic E-state index is 9.95. The molecule has 6 heteroatoms. The number of hydrogen-bond acceptors (Lipinski definition) is 5. The van der Waals surface area contributed by atoms with Gasteiger partial charge in [-0.2, -0.15) is 0 Å². The van der Waals surface area contributed by atoms with Gasteiger partial charge in [0.25, 0.3) is 0 Å². The lowest BCUT2D eigenvalue weighted by Gasteiger charge is -2.14. The van der Waals surface area contributed by atoms with Gasteiger partial charge in [-0.15, -0.1) is 0 Å². The van der Waals surface area contributed by atoms with Crippen molar-refractivity contribution >= 4 is 5.69 Å². The molecule has 0 unspecified atom stereocenters. The van der Waals surface area contributed by atoms with E-state index < -0.39 is 0 Å². The number of rotatable bonds is 3. The van der Waals surface area contributed by atoms with Crippen LogP contribution in [0.3, 0.4) is 0 Å². The van der Waals surface area contributed by atoms with Crippen molar-refractivity contribution in [3.63, 3.8) is 0 Å². The lowest BCUT2D eigenvalue weighted by Crippen LogP contribution is -2.03. The molecule has 2 aromatic heterocycles. The highest BCUT2D eigenvalue weighted by Gasteiger charge is 2.17. The van der Waals surface area contributed by atoms with Crippen molar-refractivity contribution in [2.75, 3.05) is 12.8 Å². The molecule has 0 aliphatic rings. The van der Waals surface area contributed by atoms with E-state index in [1.807, 2.05) is 30.7 Å². The first kappa shape index (κ1) is 14.9. The van der Waals surface area contributed by atoms with Gasteiger partial charge in [0.2, 0.25) is 0 Å². The summed E-state index contributed by atoms with van der Waals surface area (Å²) in [5.41, 5.74) is 10.0. The number of phenols is 1. The minimum absolute atomic E-state index is 0.0752. The Hall–Kier alpha value is -3.02. The number of nitrogen functional groups attached to an aromatic ring is 1. The minimum Gasteiger partial charge on any atom is -0.508 e. The van der Waals surface area contributed by atoms with Crippen LogP contribution in [-0.4, -0.2) is 26.8 Å². The number of benzene rings is 1. The maximum atomic E-state index is 9.95. The first-order valence-corrected chi connectivity index (χ1v) is 7.15. The molecule has 0 aliphatic heterocycles. The van der Waals surface area contributed by atoms with Crippen molar-refractivity contribution in [2.24, 2.45) is 0 Å². The van der Waals surface area contributed by atoms with Crippen molar-refractivity contribution in [2.45, 2.75) is 13.8 Å². The molecule has 0 radical (unpaired) electrons. The van der Waals surface area contributed by atoms with Gasteiger partial charge in [0.05, 0.1) is 24.2 Å². The number of aromatic hydroxyl groups is 1. The highest BCUT2D eigenvalue weighted by molar-refractivity contribution is 5.72. The van der Waals surface area contributed by atoms with Gasteiger partial charge >= 0.3 is 0 Å². The number of phenolic OH excluding ortho intramolecular Hbond substituents is 1. The summed E-state index contributed by atoms with van der Waals surface area (Å²) in [6.45, 7) is 3.90. The van der Waals surface area contributed by atoms with E-state index in [0.717, 1.165) is 16.8 Å². The van der Waals surface area contributed by atoms with E-state index in [2.05, 4.69) is 9.97 Å². The first-order chi connectivity index (χ1) is 11.0. The van der Waals surface area contributed by atoms with Crippen molar-refractivity contribution in [3.05, 3.63) is 48.0 Å². The second kappa shape index (κ2) is 5.64. The fourth-order valence-electron chi connectivity index (χ4n) is 2.54. The van der Waals surface area contributed by atoms with Crippen LogP contribution in [0.1, 0.15) is 11.3 Å². The van der Waals surface area contributed by atoms with E-state index in [9.17, 15) is 5.11 Å². The Morgan fingerprint density at radius 2 is 2.04 bits per heavy atom. The van der Waals surface area contributed by atoms with Gasteiger partial charge in [-0.05, 0) is 25.5 Å². The van der Waals surface area contributed by atoms with E-state index >= 15 is 0 Å². The van der Waals surface area contributed by atoms with Gasteiger partial charge < -0.3 is 15.6 Å². The Balaban J connectivity index is 2.27. The SMILES string of the molecule is COc1cc(O)cc(-n2cc(C)nc2-c2cnccc2C)c1N. The summed E-state index contributed by atoms with van der Waals surface area (Å²) in [5.74, 6) is 1.21. The molecular weight excluding hydrogens is 292 g/mol. The molecule has 0 atom stereocenters. The molecule has 1 aromatic carbocycles. The Morgan fingerprint density at radius 3 is 2.74 bits per heavy atom. The summed E-state index contributed by atoms with van der Waals surface area (Å²) in [7, 11) is 1.51. The predicted octanol–water partition coefficient (Wildman–Crippen LogP) is 2.85. The van der Waals surface area contributed by atoms with Crippen LogP contribution >= 0.6 is 0 Å². The van der Waals surface area contributed by atoms with Gasteiger partial charge in [-0.3, -0.25) is 9.55 Å². The summed E-state index contributed by atoms with van der Waals surface area (Å²) in [5, 5.41) is 9.95. The van der Waals surface area contributed by atoms with E-state index in [4.69, 9.17) is 10.5 Å². The van der Waals surface area contributed by atoms with E-state index in [0.29, 0.717) is 22.9 Å². The normalized spacial score (nSPS) is 10.7. The number of imidazole rings is 1. The largest absolute Gasteiger partial charge is 0.508 e.